The van der Waals surface area contributed by atoms with Gasteiger partial charge >= 0.3 is 11.9 Å². The molecule has 0 aliphatic carbocycles. The monoisotopic (exact) mass is 403 g/mol. The molecule has 158 valence electrons. The summed E-state index contributed by atoms with van der Waals surface area (Å²) in [6, 6.07) is -3.68. The molecule has 0 fully saturated rings. The van der Waals surface area contributed by atoms with Gasteiger partial charge in [0.25, 0.3) is 0 Å². The first kappa shape index (κ1) is 24.8. The Labute approximate surface area is 160 Å². The highest BCUT2D eigenvalue weighted by Gasteiger charge is 2.27. The van der Waals surface area contributed by atoms with Crippen LogP contribution < -0.4 is 27.4 Å². The fraction of sp³-hybridized carbons (Fsp3) is 0.600. The van der Waals surface area contributed by atoms with Crippen LogP contribution in [0.5, 0.6) is 0 Å². The fourth-order valence-electron chi connectivity index (χ4n) is 1.93. The molecule has 0 saturated carbocycles. The van der Waals surface area contributed by atoms with Crippen molar-refractivity contribution in [2.24, 2.45) is 11.5 Å². The third-order valence-corrected chi connectivity index (χ3v) is 3.43. The number of nitrogens with one attached hydrogen (secondary N) is 3. The standard InChI is InChI=1S/C15H25N5O8/c1-7(16)13(25)18-6-11(22)19-8(2-4-10(17)21)14(26)20-9(15(27)28)3-5-12(23)24/h7-9H,2-6,16H2,1H3,(H2,17,21)(H,18,25)(H,19,22)(H,20,26)(H,23,24)(H,27,28). The van der Waals surface area contributed by atoms with E-state index >= 15 is 0 Å². The SMILES string of the molecule is CC(N)C(=O)NCC(=O)NC(CCC(N)=O)C(=O)NC(CCC(=O)O)C(=O)O. The van der Waals surface area contributed by atoms with Crippen molar-refractivity contribution in [3.05, 3.63) is 0 Å². The number of amides is 4. The van der Waals surface area contributed by atoms with Crippen molar-refractivity contribution in [3.63, 3.8) is 0 Å². The van der Waals surface area contributed by atoms with Gasteiger partial charge in [0.2, 0.25) is 23.6 Å². The minimum atomic E-state index is -1.51. The molecule has 13 heteroatoms. The Kier molecular flexibility index (Phi) is 10.8. The largest absolute Gasteiger partial charge is 0.481 e. The Bertz CT molecular complexity index is 622. The van der Waals surface area contributed by atoms with Gasteiger partial charge in [0, 0.05) is 12.8 Å². The third kappa shape index (κ3) is 10.7. The van der Waals surface area contributed by atoms with Gasteiger partial charge in [0.05, 0.1) is 12.6 Å². The molecule has 9 N–H and O–H groups in total. The Balaban J connectivity index is 4.99. The van der Waals surface area contributed by atoms with Gasteiger partial charge in [-0.1, -0.05) is 0 Å². The van der Waals surface area contributed by atoms with Crippen LogP contribution in [0.2, 0.25) is 0 Å². The molecular weight excluding hydrogens is 378 g/mol. The van der Waals surface area contributed by atoms with Gasteiger partial charge in [-0.3, -0.25) is 24.0 Å². The first-order valence-corrected chi connectivity index (χ1v) is 8.30. The van der Waals surface area contributed by atoms with Gasteiger partial charge in [0.1, 0.15) is 12.1 Å². The number of primary amides is 1. The Hall–Kier alpha value is -3.22. The number of hydrogen-bond donors (Lipinski definition) is 7. The number of carbonyl (C=O) groups excluding carboxylic acids is 4. The zero-order valence-electron chi connectivity index (χ0n) is 15.3. The molecular formula is C15H25N5O8. The Morgan fingerprint density at radius 2 is 1.46 bits per heavy atom. The van der Waals surface area contributed by atoms with Crippen LogP contribution in [0.3, 0.4) is 0 Å². The molecule has 0 aliphatic rings. The lowest BCUT2D eigenvalue weighted by Crippen LogP contribution is -2.53. The normalized spacial score (nSPS) is 13.5. The predicted octanol–water partition coefficient (Wildman–Crippen LogP) is -3.37. The van der Waals surface area contributed by atoms with Gasteiger partial charge < -0.3 is 37.6 Å². The smallest absolute Gasteiger partial charge is 0.326 e. The predicted molar refractivity (Wildman–Crippen MR) is 93.5 cm³/mol. The summed E-state index contributed by atoms with van der Waals surface area (Å²) in [6.45, 7) is 0.904. The van der Waals surface area contributed by atoms with Gasteiger partial charge in [-0.25, -0.2) is 4.79 Å². The number of carbonyl (C=O) groups is 6. The van der Waals surface area contributed by atoms with Crippen LogP contribution in [0.15, 0.2) is 0 Å². The van der Waals surface area contributed by atoms with Crippen LogP contribution in [0.4, 0.5) is 0 Å². The van der Waals surface area contributed by atoms with E-state index < -0.39 is 66.7 Å². The lowest BCUT2D eigenvalue weighted by Gasteiger charge is -2.21. The molecule has 0 heterocycles. The van der Waals surface area contributed by atoms with Crippen molar-refractivity contribution in [1.29, 1.82) is 0 Å². The average molecular weight is 403 g/mol. The van der Waals surface area contributed by atoms with E-state index in [2.05, 4.69) is 16.0 Å². The summed E-state index contributed by atoms with van der Waals surface area (Å²) in [6.07, 6.45) is -1.38. The number of aliphatic carboxylic acids is 2. The minimum Gasteiger partial charge on any atom is -0.481 e. The van der Waals surface area contributed by atoms with Crippen molar-refractivity contribution in [2.75, 3.05) is 6.54 Å². The number of carboxylic acids is 2. The molecule has 3 unspecified atom stereocenters. The Morgan fingerprint density at radius 1 is 0.893 bits per heavy atom. The van der Waals surface area contributed by atoms with Crippen LogP contribution in [-0.2, 0) is 28.8 Å². The number of hydrogen-bond acceptors (Lipinski definition) is 7. The maximum absolute atomic E-state index is 12.3. The summed E-state index contributed by atoms with van der Waals surface area (Å²) in [5, 5.41) is 24.3. The quantitative estimate of drug-likeness (QED) is 0.162. The minimum absolute atomic E-state index is 0.223. The number of rotatable bonds is 13. The van der Waals surface area contributed by atoms with E-state index in [4.69, 9.17) is 21.7 Å². The van der Waals surface area contributed by atoms with E-state index in [0.29, 0.717) is 0 Å². The molecule has 3 atom stereocenters. The summed E-state index contributed by atoms with van der Waals surface area (Å²) in [5.41, 5.74) is 10.3. The van der Waals surface area contributed by atoms with Crippen molar-refractivity contribution in [1.82, 2.24) is 16.0 Å². The summed E-state index contributed by atoms with van der Waals surface area (Å²) in [4.78, 5) is 68.3. The molecule has 0 bridgehead atoms. The second kappa shape index (κ2) is 12.2. The molecule has 0 saturated heterocycles. The molecule has 0 aromatic carbocycles. The zero-order valence-corrected chi connectivity index (χ0v) is 15.3. The lowest BCUT2D eigenvalue weighted by molar-refractivity contribution is -0.143. The second-order valence-electron chi connectivity index (χ2n) is 5.96. The second-order valence-corrected chi connectivity index (χ2v) is 5.96. The molecule has 4 amide bonds. The highest BCUT2D eigenvalue weighted by atomic mass is 16.4. The Morgan fingerprint density at radius 3 is 1.93 bits per heavy atom. The third-order valence-electron chi connectivity index (χ3n) is 3.43. The van der Waals surface area contributed by atoms with Gasteiger partial charge in [-0.05, 0) is 19.8 Å². The van der Waals surface area contributed by atoms with E-state index in [1.165, 1.54) is 6.92 Å². The summed E-state index contributed by atoms with van der Waals surface area (Å²) in [7, 11) is 0. The summed E-state index contributed by atoms with van der Waals surface area (Å²) < 4.78 is 0. The fourth-order valence-corrected chi connectivity index (χ4v) is 1.93. The topological polar surface area (TPSA) is 231 Å². The van der Waals surface area contributed by atoms with E-state index in [1.54, 1.807) is 0 Å². The van der Waals surface area contributed by atoms with Crippen LogP contribution in [0.1, 0.15) is 32.6 Å². The molecule has 0 aromatic heterocycles. The van der Waals surface area contributed by atoms with Crippen LogP contribution in [0.25, 0.3) is 0 Å². The van der Waals surface area contributed by atoms with Crippen LogP contribution >= 0.6 is 0 Å². The molecule has 0 aliphatic heterocycles. The maximum atomic E-state index is 12.3. The van der Waals surface area contributed by atoms with E-state index in [0.717, 1.165) is 0 Å². The van der Waals surface area contributed by atoms with E-state index in [9.17, 15) is 28.8 Å². The van der Waals surface area contributed by atoms with Crippen molar-refractivity contribution >= 4 is 35.6 Å². The molecule has 0 rings (SSSR count). The highest BCUT2D eigenvalue weighted by molar-refractivity contribution is 5.92. The highest BCUT2D eigenvalue weighted by Crippen LogP contribution is 2.02. The maximum Gasteiger partial charge on any atom is 0.326 e. The molecule has 28 heavy (non-hydrogen) atoms. The number of carboxylic acid groups (broad SMARTS) is 2. The summed E-state index contributed by atoms with van der Waals surface area (Å²) >= 11 is 0. The van der Waals surface area contributed by atoms with Crippen molar-refractivity contribution in [3.8, 4) is 0 Å². The average Bonchev–Trinajstić information content (AvgIpc) is 2.58. The van der Waals surface area contributed by atoms with Crippen LogP contribution in [-0.4, -0.2) is 70.5 Å². The summed E-state index contributed by atoms with van der Waals surface area (Å²) in [5.74, 6) is -5.78. The lowest BCUT2D eigenvalue weighted by atomic mass is 10.1. The first-order chi connectivity index (χ1) is 12.9. The number of nitrogens with two attached hydrogens (primary N) is 2. The molecule has 0 aromatic rings. The zero-order chi connectivity index (χ0) is 21.9. The first-order valence-electron chi connectivity index (χ1n) is 8.30. The van der Waals surface area contributed by atoms with Gasteiger partial charge in [-0.2, -0.15) is 0 Å². The molecule has 13 nitrogen and oxygen atoms in total. The van der Waals surface area contributed by atoms with Gasteiger partial charge in [0.15, 0.2) is 0 Å². The van der Waals surface area contributed by atoms with E-state index in [-0.39, 0.29) is 19.3 Å². The van der Waals surface area contributed by atoms with Crippen molar-refractivity contribution < 1.29 is 39.0 Å². The molecule has 0 radical (unpaired) electrons. The van der Waals surface area contributed by atoms with Crippen molar-refractivity contribution in [2.45, 2.75) is 50.7 Å². The molecule has 0 spiro atoms. The van der Waals surface area contributed by atoms with Crippen LogP contribution in [0, 0.1) is 0 Å². The van der Waals surface area contributed by atoms with Gasteiger partial charge in [-0.15, -0.1) is 0 Å². The van der Waals surface area contributed by atoms with E-state index in [1.807, 2.05) is 0 Å².